The molecule has 3 N–H and O–H groups in total. The molecule has 21 heteroatoms. The van der Waals surface area contributed by atoms with Gasteiger partial charge >= 0.3 is 18.4 Å². The third-order valence-electron chi connectivity index (χ3n) is 7.72. The molecule has 50 heavy (non-hydrogen) atoms. The van der Waals surface area contributed by atoms with E-state index in [0.29, 0.717) is 22.7 Å². The monoisotopic (exact) mass is 754 g/mol. The molecule has 2 aromatic rings. The predicted molar refractivity (Wildman–Crippen MR) is 169 cm³/mol. The van der Waals surface area contributed by atoms with Gasteiger partial charge in [0.2, 0.25) is 11.8 Å². The number of hydrogen-bond acceptors (Lipinski definition) is 9. The van der Waals surface area contributed by atoms with Crippen molar-refractivity contribution in [2.75, 3.05) is 31.8 Å². The third kappa shape index (κ3) is 9.62. The van der Waals surface area contributed by atoms with Crippen LogP contribution in [0.2, 0.25) is 25.7 Å². The number of alkyl halides is 6. The summed E-state index contributed by atoms with van der Waals surface area (Å²) >= 11 is 0.652. The SMILES string of the molecule is C[C@]1(c2cc(NC(=O)c3cnc(OCC(F)(F)F)cn3)ccc2F)N=C(N(COCC[Si](C)(C)C)C(=O)O)S[C@@]2(C(=O)NCC(F)(F)F)C[C@H]21. The van der Waals surface area contributed by atoms with Crippen LogP contribution in [0, 0.1) is 11.7 Å². The van der Waals surface area contributed by atoms with Gasteiger partial charge in [0.25, 0.3) is 5.91 Å². The molecule has 2 aliphatic rings. The summed E-state index contributed by atoms with van der Waals surface area (Å²) in [5.41, 5.74) is -2.32. The van der Waals surface area contributed by atoms with Crippen LogP contribution in [0.25, 0.3) is 0 Å². The number of fused-ring (bicyclic) bond motifs is 1. The molecule has 1 aliphatic heterocycles. The van der Waals surface area contributed by atoms with Crippen molar-refractivity contribution in [3.05, 3.63) is 47.7 Å². The minimum Gasteiger partial charge on any atom is -0.467 e. The number of carbonyl (C=O) groups is 3. The first-order valence-electron chi connectivity index (χ1n) is 14.9. The van der Waals surface area contributed by atoms with Crippen LogP contribution in [0.4, 0.5) is 41.2 Å². The molecule has 3 atom stereocenters. The van der Waals surface area contributed by atoms with Gasteiger partial charge in [0.05, 0.1) is 17.9 Å². The summed E-state index contributed by atoms with van der Waals surface area (Å²) in [6, 6.07) is 4.00. The van der Waals surface area contributed by atoms with Crippen LogP contribution < -0.4 is 15.4 Å². The molecule has 0 saturated heterocycles. The lowest BCUT2D eigenvalue weighted by Crippen LogP contribution is -2.49. The van der Waals surface area contributed by atoms with E-state index in [4.69, 9.17) is 4.74 Å². The first kappa shape index (κ1) is 38.8. The number of aliphatic imine (C=N–C) groups is 1. The zero-order valence-electron chi connectivity index (χ0n) is 27.0. The summed E-state index contributed by atoms with van der Waals surface area (Å²) in [4.78, 5) is 51.2. The van der Waals surface area contributed by atoms with E-state index >= 15 is 4.39 Å². The quantitative estimate of drug-likeness (QED) is 0.105. The Balaban J connectivity index is 1.65. The van der Waals surface area contributed by atoms with Crippen LogP contribution in [0.5, 0.6) is 5.88 Å². The number of amides is 3. The van der Waals surface area contributed by atoms with Gasteiger partial charge in [0.15, 0.2) is 11.8 Å². The fourth-order valence-corrected chi connectivity index (χ4v) is 7.38. The van der Waals surface area contributed by atoms with Crippen molar-refractivity contribution in [3.63, 3.8) is 0 Å². The number of benzene rings is 1. The van der Waals surface area contributed by atoms with Gasteiger partial charge in [-0.1, -0.05) is 31.4 Å². The summed E-state index contributed by atoms with van der Waals surface area (Å²) in [5.74, 6) is -4.22. The molecule has 0 spiro atoms. The maximum atomic E-state index is 15.6. The lowest BCUT2D eigenvalue weighted by molar-refractivity contribution is -0.154. The van der Waals surface area contributed by atoms with E-state index in [1.165, 1.54) is 19.1 Å². The highest BCUT2D eigenvalue weighted by molar-refractivity contribution is 8.16. The zero-order valence-corrected chi connectivity index (χ0v) is 28.9. The molecule has 274 valence electrons. The van der Waals surface area contributed by atoms with E-state index in [9.17, 15) is 45.8 Å². The Morgan fingerprint density at radius 2 is 1.80 bits per heavy atom. The number of amidine groups is 1. The van der Waals surface area contributed by atoms with Crippen LogP contribution in [0.15, 0.2) is 35.6 Å². The summed E-state index contributed by atoms with van der Waals surface area (Å²) in [6.07, 6.45) is -9.35. The number of anilines is 1. The Morgan fingerprint density at radius 1 is 1.10 bits per heavy atom. The Morgan fingerprint density at radius 3 is 2.38 bits per heavy atom. The molecule has 1 fully saturated rings. The summed E-state index contributed by atoms with van der Waals surface area (Å²) in [7, 11) is -1.57. The first-order valence-corrected chi connectivity index (χ1v) is 19.4. The average Bonchev–Trinajstić information content (AvgIpc) is 3.75. The van der Waals surface area contributed by atoms with Crippen LogP contribution in [0.1, 0.15) is 29.4 Å². The fourth-order valence-electron chi connectivity index (χ4n) is 5.04. The number of thioether (sulfide) groups is 1. The standard InChI is InChI=1S/C29H33F7N6O6SSi/c1-26(17-9-16(5-6-18(17)30)40-22(43)19-11-38-21(12-37-19)48-14-29(34,35)36)20-10-27(20,23(44)39-13-28(31,32)33)49-24(41-26)42(25(45)46)15-47-7-8-50(2,3)4/h5-6,9,11-12,20H,7-8,10,13-15H2,1-4H3,(H,39,44)(H,40,43)(H,45,46)/t20-,26+,27-/m0/s1. The van der Waals surface area contributed by atoms with Crippen LogP contribution in [-0.2, 0) is 15.1 Å². The van der Waals surface area contributed by atoms with Crippen LogP contribution >= 0.6 is 11.8 Å². The topological polar surface area (TPSA) is 155 Å². The van der Waals surface area contributed by atoms with Crippen LogP contribution in [-0.4, -0.2) is 94.7 Å². The second-order valence-electron chi connectivity index (χ2n) is 12.9. The second kappa shape index (κ2) is 14.3. The van der Waals surface area contributed by atoms with E-state index in [-0.39, 0.29) is 35.1 Å². The van der Waals surface area contributed by atoms with Crippen LogP contribution in [0.3, 0.4) is 0 Å². The van der Waals surface area contributed by atoms with Crippen molar-refractivity contribution >= 4 is 48.6 Å². The largest absolute Gasteiger partial charge is 0.467 e. The van der Waals surface area contributed by atoms with Gasteiger partial charge in [-0.3, -0.25) is 14.6 Å². The molecule has 4 rings (SSSR count). The molecule has 0 radical (unpaired) electrons. The van der Waals surface area contributed by atoms with Crippen molar-refractivity contribution in [3.8, 4) is 5.88 Å². The van der Waals surface area contributed by atoms with Gasteiger partial charge in [-0.15, -0.1) is 0 Å². The van der Waals surface area contributed by atoms with Gasteiger partial charge in [-0.25, -0.2) is 24.1 Å². The van der Waals surface area contributed by atoms with Crippen molar-refractivity contribution in [2.45, 2.75) is 61.7 Å². The van der Waals surface area contributed by atoms with E-state index in [0.717, 1.165) is 18.5 Å². The number of rotatable bonds is 12. The van der Waals surface area contributed by atoms with Gasteiger partial charge in [-0.2, -0.15) is 26.3 Å². The van der Waals surface area contributed by atoms with E-state index in [1.807, 2.05) is 5.32 Å². The van der Waals surface area contributed by atoms with Gasteiger partial charge in [0, 0.05) is 31.8 Å². The highest BCUT2D eigenvalue weighted by Gasteiger charge is 2.71. The van der Waals surface area contributed by atoms with Crippen molar-refractivity contribution < 1.29 is 59.7 Å². The Hall–Kier alpha value is -3.98. The second-order valence-corrected chi connectivity index (χ2v) is 19.9. The van der Waals surface area contributed by atoms with Gasteiger partial charge in [0.1, 0.15) is 29.5 Å². The molecular weight excluding hydrogens is 721 g/mol. The number of carbonyl (C=O) groups excluding carboxylic acids is 2. The summed E-state index contributed by atoms with van der Waals surface area (Å²) < 4.78 is 100. The van der Waals surface area contributed by atoms with E-state index in [2.05, 4.69) is 44.7 Å². The lowest BCUT2D eigenvalue weighted by Gasteiger charge is -2.37. The lowest BCUT2D eigenvalue weighted by atomic mass is 9.85. The molecule has 1 saturated carbocycles. The number of hydrogen-bond donors (Lipinski definition) is 3. The number of carboxylic acid groups (broad SMARTS) is 1. The first-order chi connectivity index (χ1) is 23.0. The summed E-state index contributed by atoms with van der Waals surface area (Å²) in [6.45, 7) is 4.05. The molecule has 12 nitrogen and oxygen atoms in total. The molecule has 1 aliphatic carbocycles. The average molecular weight is 755 g/mol. The Kier molecular flexibility index (Phi) is 11.1. The molecule has 1 aromatic carbocycles. The molecule has 1 aromatic heterocycles. The maximum absolute atomic E-state index is 15.6. The van der Waals surface area contributed by atoms with Crippen molar-refractivity contribution in [2.24, 2.45) is 10.9 Å². The molecule has 0 unspecified atom stereocenters. The molecule has 0 bridgehead atoms. The smallest absolute Gasteiger partial charge is 0.422 e. The maximum Gasteiger partial charge on any atom is 0.422 e. The highest BCUT2D eigenvalue weighted by atomic mass is 32.2. The predicted octanol–water partition coefficient (Wildman–Crippen LogP) is 5.86. The fraction of sp³-hybridized carbons (Fsp3) is 0.517. The Bertz CT molecular complexity index is 1640. The normalized spacial score (nSPS) is 21.8. The molecular formula is C29H33F7N6O6SSi. The van der Waals surface area contributed by atoms with Gasteiger partial charge in [-0.05, 0) is 37.6 Å². The Labute approximate surface area is 286 Å². The van der Waals surface area contributed by atoms with Crippen molar-refractivity contribution in [1.29, 1.82) is 0 Å². The highest BCUT2D eigenvalue weighted by Crippen LogP contribution is 2.66. The minimum atomic E-state index is -4.74. The zero-order chi connectivity index (χ0) is 37.3. The van der Waals surface area contributed by atoms with Crippen molar-refractivity contribution in [1.82, 2.24) is 20.2 Å². The summed E-state index contributed by atoms with van der Waals surface area (Å²) in [5, 5.41) is 14.1. The molecule has 3 amide bonds. The number of aromatic nitrogens is 2. The number of halogens is 7. The van der Waals surface area contributed by atoms with E-state index < -0.39 is 86.1 Å². The third-order valence-corrected chi connectivity index (χ3v) is 10.9. The molecule has 2 heterocycles. The van der Waals surface area contributed by atoms with Gasteiger partial charge < -0.3 is 25.2 Å². The number of nitrogens with one attached hydrogen (secondary N) is 2. The number of nitrogens with zero attached hydrogens (tertiary/aromatic N) is 4. The van der Waals surface area contributed by atoms with E-state index in [1.54, 1.807) is 0 Å². The number of ether oxygens (including phenoxy) is 2. The minimum absolute atomic E-state index is 0.0284.